The summed E-state index contributed by atoms with van der Waals surface area (Å²) in [6.07, 6.45) is 52.6. The number of hydrogen-bond donors (Lipinski definition) is 2. The fourth-order valence-electron chi connectivity index (χ4n) is 8.27. The number of ether oxygens (including phenoxy) is 3. The van der Waals surface area contributed by atoms with Gasteiger partial charge in [0.15, 0.2) is 0 Å². The van der Waals surface area contributed by atoms with Crippen LogP contribution in [0.5, 0.6) is 0 Å². The third kappa shape index (κ3) is 39.4. The number of unbranched alkanes of at least 4 members (excludes halogenated alkanes) is 34. The Hall–Kier alpha value is -1.97. The van der Waals surface area contributed by atoms with Gasteiger partial charge in [-0.05, 0) is 12.8 Å². The highest BCUT2D eigenvalue weighted by Gasteiger charge is 2.16. The van der Waals surface area contributed by atoms with E-state index in [9.17, 15) is 9.59 Å². The van der Waals surface area contributed by atoms with E-state index in [1.807, 2.05) is 4.90 Å². The van der Waals surface area contributed by atoms with Gasteiger partial charge in [-0.1, -0.05) is 232 Å². The van der Waals surface area contributed by atoms with Crippen molar-refractivity contribution in [2.45, 2.75) is 257 Å². The number of carbonyl (C=O) groups excluding carboxylic acids is 2. The van der Waals surface area contributed by atoms with E-state index in [2.05, 4.69) is 23.8 Å². The normalized spacial score (nSPS) is 12.0. The molecule has 0 aliphatic heterocycles. The average Bonchev–Trinajstić information content (AvgIpc) is 3.78. The number of amides is 1. The van der Waals surface area contributed by atoms with Crippen LogP contribution in [0.3, 0.4) is 0 Å². The molecular formula is C52H100N4O5. The minimum absolute atomic E-state index is 0.0822. The summed E-state index contributed by atoms with van der Waals surface area (Å²) < 4.78 is 16.5. The molecule has 0 radical (unpaired) electrons. The van der Waals surface area contributed by atoms with Crippen LogP contribution in [0, 0.1) is 0 Å². The summed E-state index contributed by atoms with van der Waals surface area (Å²) >= 11 is 0. The number of aromatic amines is 1. The number of carbonyl (C=O) groups is 2. The topological polar surface area (TPSA) is 120 Å². The number of rotatable bonds is 49. The Morgan fingerprint density at radius 3 is 1.23 bits per heavy atom. The lowest BCUT2D eigenvalue weighted by molar-refractivity contribution is -0.147. The molecule has 1 heterocycles. The van der Waals surface area contributed by atoms with Crippen molar-refractivity contribution in [1.29, 1.82) is 0 Å². The monoisotopic (exact) mass is 861 g/mol. The molecule has 358 valence electrons. The Labute approximate surface area is 377 Å². The highest BCUT2D eigenvalue weighted by molar-refractivity contribution is 5.77. The van der Waals surface area contributed by atoms with E-state index in [0.717, 1.165) is 31.6 Å². The summed E-state index contributed by atoms with van der Waals surface area (Å²) in [6.45, 7) is 7.35. The van der Waals surface area contributed by atoms with Crippen molar-refractivity contribution in [3.8, 4) is 0 Å². The number of imidazole rings is 1. The third-order valence-corrected chi connectivity index (χ3v) is 12.3. The highest BCUT2D eigenvalue weighted by Crippen LogP contribution is 2.17. The molecule has 1 atom stereocenters. The number of nitrogens with zero attached hydrogens (tertiary/aromatic N) is 2. The summed E-state index contributed by atoms with van der Waals surface area (Å²) in [5.41, 5.74) is 6.71. The maximum absolute atomic E-state index is 13.2. The van der Waals surface area contributed by atoms with E-state index in [4.69, 9.17) is 19.9 Å². The van der Waals surface area contributed by atoms with Gasteiger partial charge in [0.25, 0.3) is 0 Å². The molecule has 61 heavy (non-hydrogen) atoms. The van der Waals surface area contributed by atoms with Crippen LogP contribution in [0.2, 0.25) is 0 Å². The number of H-pyrrole nitrogens is 1. The van der Waals surface area contributed by atoms with Gasteiger partial charge in [-0.25, -0.2) is 4.98 Å². The molecular weight excluding hydrogens is 761 g/mol. The zero-order valence-electron chi connectivity index (χ0n) is 40.4. The number of nitrogens with one attached hydrogen (secondary N) is 1. The van der Waals surface area contributed by atoms with Crippen LogP contribution in [0.1, 0.15) is 251 Å². The Kier molecular flexibility index (Phi) is 43.1. The van der Waals surface area contributed by atoms with Gasteiger partial charge in [-0.3, -0.25) is 9.59 Å². The van der Waals surface area contributed by atoms with Crippen LogP contribution in [-0.4, -0.2) is 78.9 Å². The van der Waals surface area contributed by atoms with Crippen LogP contribution in [0.4, 0.5) is 0 Å². The van der Waals surface area contributed by atoms with Crippen LogP contribution in [-0.2, 0) is 30.2 Å². The van der Waals surface area contributed by atoms with E-state index in [-0.39, 0.29) is 25.7 Å². The first-order valence-electron chi connectivity index (χ1n) is 26.4. The molecule has 0 aliphatic rings. The van der Waals surface area contributed by atoms with Gasteiger partial charge in [0, 0.05) is 31.4 Å². The molecule has 1 aromatic rings. The minimum Gasteiger partial charge on any atom is -0.462 e. The van der Waals surface area contributed by atoms with Crippen LogP contribution >= 0.6 is 0 Å². The van der Waals surface area contributed by atoms with Crippen molar-refractivity contribution in [2.24, 2.45) is 5.73 Å². The smallest absolute Gasteiger partial charge is 0.323 e. The Balaban J connectivity index is 2.17. The fourth-order valence-corrected chi connectivity index (χ4v) is 8.27. The minimum atomic E-state index is -0.749. The quantitative estimate of drug-likeness (QED) is 0.0494. The van der Waals surface area contributed by atoms with Gasteiger partial charge in [0.1, 0.15) is 19.3 Å². The van der Waals surface area contributed by atoms with E-state index in [1.54, 1.807) is 12.5 Å². The predicted molar refractivity (Wildman–Crippen MR) is 257 cm³/mol. The largest absolute Gasteiger partial charge is 0.462 e. The molecule has 0 spiro atoms. The second-order valence-electron chi connectivity index (χ2n) is 18.1. The molecule has 9 heteroatoms. The van der Waals surface area contributed by atoms with E-state index < -0.39 is 12.0 Å². The van der Waals surface area contributed by atoms with Crippen molar-refractivity contribution in [1.82, 2.24) is 14.9 Å². The van der Waals surface area contributed by atoms with Crippen molar-refractivity contribution < 1.29 is 23.8 Å². The lowest BCUT2D eigenvalue weighted by atomic mass is 10.0. The summed E-state index contributed by atoms with van der Waals surface area (Å²) in [6, 6.07) is -0.749. The second-order valence-corrected chi connectivity index (χ2v) is 18.1. The highest BCUT2D eigenvalue weighted by atomic mass is 16.6. The van der Waals surface area contributed by atoms with Crippen molar-refractivity contribution in [3.63, 3.8) is 0 Å². The number of esters is 1. The summed E-state index contributed by atoms with van der Waals surface area (Å²) in [5, 5.41) is 0. The van der Waals surface area contributed by atoms with E-state index in [0.29, 0.717) is 19.6 Å². The van der Waals surface area contributed by atoms with Gasteiger partial charge in [-0.15, -0.1) is 0 Å². The molecule has 0 saturated carbocycles. The van der Waals surface area contributed by atoms with Crippen LogP contribution in [0.25, 0.3) is 0 Å². The van der Waals surface area contributed by atoms with Gasteiger partial charge < -0.3 is 29.8 Å². The van der Waals surface area contributed by atoms with Crippen molar-refractivity contribution in [3.05, 3.63) is 18.2 Å². The molecule has 0 saturated heterocycles. The molecule has 0 fully saturated rings. The zero-order chi connectivity index (χ0) is 43.9. The molecule has 1 amide bonds. The molecule has 0 bridgehead atoms. The molecule has 0 aromatic carbocycles. The van der Waals surface area contributed by atoms with E-state index >= 15 is 0 Å². The average molecular weight is 861 g/mol. The van der Waals surface area contributed by atoms with Crippen LogP contribution < -0.4 is 5.73 Å². The standard InChI is InChI=1S/C52H100N4O5/c1-3-5-7-9-11-13-15-17-19-21-23-25-27-29-31-33-35-37-39-56(40-38-36-34-32-30-28-26-24-22-20-18-16-14-12-10-8-6-4-2)51(57)47-60-42-41-59-43-44-61-52(58)50(53)45-49-46-54-48-55-49/h46,48,50H,3-45,47,53H2,1-2H3,(H,54,55). The van der Waals surface area contributed by atoms with Gasteiger partial charge in [-0.2, -0.15) is 0 Å². The van der Waals surface area contributed by atoms with Crippen molar-refractivity contribution >= 4 is 11.9 Å². The predicted octanol–water partition coefficient (Wildman–Crippen LogP) is 13.8. The molecule has 1 rings (SSSR count). The van der Waals surface area contributed by atoms with E-state index in [1.165, 1.54) is 218 Å². The zero-order valence-corrected chi connectivity index (χ0v) is 40.4. The second kappa shape index (κ2) is 46.0. The van der Waals surface area contributed by atoms with Gasteiger partial charge in [0.2, 0.25) is 5.91 Å². The first kappa shape index (κ1) is 57.0. The Morgan fingerprint density at radius 1 is 0.525 bits per heavy atom. The number of hydrogen-bond acceptors (Lipinski definition) is 7. The van der Waals surface area contributed by atoms with Crippen molar-refractivity contribution in [2.75, 3.05) is 46.1 Å². The summed E-state index contributed by atoms with van der Waals surface area (Å²) in [4.78, 5) is 34.3. The molecule has 1 unspecified atom stereocenters. The van der Waals surface area contributed by atoms with Gasteiger partial charge in [0.05, 0.1) is 26.1 Å². The number of nitrogens with two attached hydrogens (primary N) is 1. The molecule has 1 aromatic heterocycles. The number of aromatic nitrogens is 2. The third-order valence-electron chi connectivity index (χ3n) is 12.3. The molecule has 3 N–H and O–H groups in total. The molecule has 9 nitrogen and oxygen atoms in total. The summed E-state index contributed by atoms with van der Waals surface area (Å²) in [7, 11) is 0. The SMILES string of the molecule is CCCCCCCCCCCCCCCCCCCCN(CCCCCCCCCCCCCCCCCCCC)C(=O)COCCOCCOC(=O)C(N)Cc1cnc[nH]1. The Morgan fingerprint density at radius 2 is 0.869 bits per heavy atom. The van der Waals surface area contributed by atoms with Crippen LogP contribution in [0.15, 0.2) is 12.5 Å². The van der Waals surface area contributed by atoms with Gasteiger partial charge >= 0.3 is 5.97 Å². The maximum Gasteiger partial charge on any atom is 0.323 e. The molecule has 0 aliphatic carbocycles. The lowest BCUT2D eigenvalue weighted by Gasteiger charge is -2.23. The lowest BCUT2D eigenvalue weighted by Crippen LogP contribution is -2.36. The first-order valence-corrected chi connectivity index (χ1v) is 26.4. The Bertz CT molecular complexity index is 1000. The fraction of sp³-hybridized carbons (Fsp3) is 0.904. The summed E-state index contributed by atoms with van der Waals surface area (Å²) in [5.74, 6) is -0.385. The first-order chi connectivity index (χ1) is 30.1. The maximum atomic E-state index is 13.2.